The SMILES string of the molecule is N#Cc1cc(F)c(OC2CCC(N)CC2)c(F)c1. The first-order valence-electron chi connectivity index (χ1n) is 5.91. The Hall–Kier alpha value is -1.67. The summed E-state index contributed by atoms with van der Waals surface area (Å²) in [5, 5.41) is 8.59. The predicted molar refractivity (Wildman–Crippen MR) is 61.9 cm³/mol. The average Bonchev–Trinajstić information content (AvgIpc) is 2.35. The minimum Gasteiger partial charge on any atom is -0.484 e. The number of hydrogen-bond donors (Lipinski definition) is 1. The third-order valence-corrected chi connectivity index (χ3v) is 3.13. The molecule has 0 aromatic heterocycles. The molecule has 0 bridgehead atoms. The molecule has 1 aliphatic rings. The van der Waals surface area contributed by atoms with Gasteiger partial charge in [0.05, 0.1) is 17.7 Å². The Morgan fingerprint density at radius 1 is 1.17 bits per heavy atom. The summed E-state index contributed by atoms with van der Waals surface area (Å²) < 4.78 is 32.5. The van der Waals surface area contributed by atoms with E-state index in [4.69, 9.17) is 15.7 Å². The van der Waals surface area contributed by atoms with Gasteiger partial charge in [-0.15, -0.1) is 0 Å². The minimum absolute atomic E-state index is 0.0528. The molecule has 3 nitrogen and oxygen atoms in total. The summed E-state index contributed by atoms with van der Waals surface area (Å²) in [5.41, 5.74) is 5.70. The second-order valence-electron chi connectivity index (χ2n) is 4.54. The minimum atomic E-state index is -0.832. The van der Waals surface area contributed by atoms with Gasteiger partial charge < -0.3 is 10.5 Å². The third-order valence-electron chi connectivity index (χ3n) is 3.13. The van der Waals surface area contributed by atoms with E-state index in [0.29, 0.717) is 12.8 Å². The summed E-state index contributed by atoms with van der Waals surface area (Å²) in [7, 11) is 0. The van der Waals surface area contributed by atoms with Crippen molar-refractivity contribution in [3.05, 3.63) is 29.3 Å². The highest BCUT2D eigenvalue weighted by molar-refractivity contribution is 5.37. The first-order valence-corrected chi connectivity index (χ1v) is 5.91. The molecule has 0 saturated heterocycles. The number of benzene rings is 1. The van der Waals surface area contributed by atoms with Gasteiger partial charge in [-0.1, -0.05) is 0 Å². The van der Waals surface area contributed by atoms with Gasteiger partial charge in [0.2, 0.25) is 0 Å². The van der Waals surface area contributed by atoms with Gasteiger partial charge in [0.25, 0.3) is 0 Å². The highest BCUT2D eigenvalue weighted by Crippen LogP contribution is 2.28. The molecular weight excluding hydrogens is 238 g/mol. The van der Waals surface area contributed by atoms with E-state index in [1.54, 1.807) is 6.07 Å². The summed E-state index contributed by atoms with van der Waals surface area (Å²) in [6.45, 7) is 0. The van der Waals surface area contributed by atoms with E-state index in [1.807, 2.05) is 0 Å². The molecule has 0 amide bonds. The summed E-state index contributed by atoms with van der Waals surface area (Å²) in [6.07, 6.45) is 2.77. The van der Waals surface area contributed by atoms with E-state index in [1.165, 1.54) is 0 Å². The van der Waals surface area contributed by atoms with Crippen LogP contribution in [0.15, 0.2) is 12.1 Å². The maximum atomic E-state index is 13.6. The zero-order valence-corrected chi connectivity index (χ0v) is 9.83. The lowest BCUT2D eigenvalue weighted by atomic mass is 9.94. The fourth-order valence-electron chi connectivity index (χ4n) is 2.11. The van der Waals surface area contributed by atoms with Crippen LogP contribution in [0.2, 0.25) is 0 Å². The van der Waals surface area contributed by atoms with Gasteiger partial charge in [-0.05, 0) is 37.8 Å². The van der Waals surface area contributed by atoms with Crippen LogP contribution in [0.5, 0.6) is 5.75 Å². The fourth-order valence-corrected chi connectivity index (χ4v) is 2.11. The fraction of sp³-hybridized carbons (Fsp3) is 0.462. The van der Waals surface area contributed by atoms with Crippen molar-refractivity contribution in [2.45, 2.75) is 37.8 Å². The molecule has 1 aliphatic carbocycles. The van der Waals surface area contributed by atoms with E-state index in [0.717, 1.165) is 25.0 Å². The molecule has 2 rings (SSSR count). The first kappa shape index (κ1) is 12.8. The molecule has 0 unspecified atom stereocenters. The number of halogens is 2. The van der Waals surface area contributed by atoms with Gasteiger partial charge in [-0.2, -0.15) is 5.26 Å². The van der Waals surface area contributed by atoms with E-state index in [2.05, 4.69) is 0 Å². The Kier molecular flexibility index (Phi) is 3.78. The molecule has 0 spiro atoms. The Labute approximate surface area is 104 Å². The number of nitriles is 1. The van der Waals surface area contributed by atoms with Crippen LogP contribution in [-0.2, 0) is 0 Å². The number of rotatable bonds is 2. The van der Waals surface area contributed by atoms with Crippen LogP contribution in [0.25, 0.3) is 0 Å². The molecule has 0 atom stereocenters. The van der Waals surface area contributed by atoms with Crippen LogP contribution < -0.4 is 10.5 Å². The molecule has 0 radical (unpaired) electrons. The van der Waals surface area contributed by atoms with Gasteiger partial charge in [0.1, 0.15) is 0 Å². The van der Waals surface area contributed by atoms with Crippen molar-refractivity contribution >= 4 is 0 Å². The van der Waals surface area contributed by atoms with Crippen LogP contribution in [-0.4, -0.2) is 12.1 Å². The molecule has 96 valence electrons. The van der Waals surface area contributed by atoms with Crippen LogP contribution in [0.4, 0.5) is 8.78 Å². The van der Waals surface area contributed by atoms with Crippen molar-refractivity contribution in [3.63, 3.8) is 0 Å². The molecule has 1 fully saturated rings. The molecule has 2 N–H and O–H groups in total. The van der Waals surface area contributed by atoms with E-state index >= 15 is 0 Å². The van der Waals surface area contributed by atoms with Gasteiger partial charge in [-0.25, -0.2) is 8.78 Å². The molecule has 5 heteroatoms. The van der Waals surface area contributed by atoms with Crippen molar-refractivity contribution in [3.8, 4) is 11.8 Å². The first-order chi connectivity index (χ1) is 8.60. The van der Waals surface area contributed by atoms with Crippen LogP contribution in [0, 0.1) is 23.0 Å². The zero-order chi connectivity index (χ0) is 13.1. The average molecular weight is 252 g/mol. The van der Waals surface area contributed by atoms with E-state index in [-0.39, 0.29) is 17.7 Å². The molecular formula is C13H14F2N2O. The molecule has 18 heavy (non-hydrogen) atoms. The maximum Gasteiger partial charge on any atom is 0.191 e. The smallest absolute Gasteiger partial charge is 0.191 e. The Morgan fingerprint density at radius 3 is 2.22 bits per heavy atom. The number of nitrogens with zero attached hydrogens (tertiary/aromatic N) is 1. The van der Waals surface area contributed by atoms with Gasteiger partial charge in [0.15, 0.2) is 17.4 Å². The van der Waals surface area contributed by atoms with Gasteiger partial charge >= 0.3 is 0 Å². The molecule has 0 aliphatic heterocycles. The van der Waals surface area contributed by atoms with Crippen molar-refractivity contribution in [2.24, 2.45) is 5.73 Å². The van der Waals surface area contributed by atoms with Crippen LogP contribution in [0.1, 0.15) is 31.2 Å². The lowest BCUT2D eigenvalue weighted by Crippen LogP contribution is -2.32. The van der Waals surface area contributed by atoms with Gasteiger partial charge in [0, 0.05) is 6.04 Å². The second kappa shape index (κ2) is 5.32. The van der Waals surface area contributed by atoms with Gasteiger partial charge in [-0.3, -0.25) is 0 Å². The molecule has 0 heterocycles. The lowest BCUT2D eigenvalue weighted by Gasteiger charge is -2.27. The zero-order valence-electron chi connectivity index (χ0n) is 9.83. The molecule has 1 saturated carbocycles. The number of ether oxygens (including phenoxy) is 1. The molecule has 1 aromatic carbocycles. The quantitative estimate of drug-likeness (QED) is 0.879. The predicted octanol–water partition coefficient (Wildman–Crippen LogP) is 2.49. The Balaban J connectivity index is 2.12. The number of nitrogens with two attached hydrogens (primary N) is 1. The number of hydrogen-bond acceptors (Lipinski definition) is 3. The van der Waals surface area contributed by atoms with Crippen molar-refractivity contribution in [2.75, 3.05) is 0 Å². The third kappa shape index (κ3) is 2.77. The summed E-state index contributed by atoms with van der Waals surface area (Å²) >= 11 is 0. The van der Waals surface area contributed by atoms with E-state index in [9.17, 15) is 8.78 Å². The standard InChI is InChI=1S/C13H14F2N2O/c14-11-5-8(7-16)6-12(15)13(11)18-10-3-1-9(17)2-4-10/h5-6,9-10H,1-4,17H2. The highest BCUT2D eigenvalue weighted by atomic mass is 19.1. The monoisotopic (exact) mass is 252 g/mol. The summed E-state index contributed by atoms with van der Waals surface area (Å²) in [6, 6.07) is 3.80. The van der Waals surface area contributed by atoms with Crippen LogP contribution >= 0.6 is 0 Å². The summed E-state index contributed by atoms with van der Waals surface area (Å²) in [4.78, 5) is 0. The molecule has 1 aromatic rings. The van der Waals surface area contributed by atoms with Crippen LogP contribution in [0.3, 0.4) is 0 Å². The van der Waals surface area contributed by atoms with Crippen molar-refractivity contribution in [1.82, 2.24) is 0 Å². The Bertz CT molecular complexity index is 453. The maximum absolute atomic E-state index is 13.6. The van der Waals surface area contributed by atoms with Crippen molar-refractivity contribution < 1.29 is 13.5 Å². The van der Waals surface area contributed by atoms with E-state index < -0.39 is 17.4 Å². The highest BCUT2D eigenvalue weighted by Gasteiger charge is 2.23. The second-order valence-corrected chi connectivity index (χ2v) is 4.54. The topological polar surface area (TPSA) is 59.0 Å². The lowest BCUT2D eigenvalue weighted by molar-refractivity contribution is 0.135. The summed E-state index contributed by atoms with van der Waals surface area (Å²) in [5.74, 6) is -2.06. The largest absolute Gasteiger partial charge is 0.484 e. The normalized spacial score (nSPS) is 23.4. The Morgan fingerprint density at radius 2 is 1.72 bits per heavy atom. The van der Waals surface area contributed by atoms with Crippen molar-refractivity contribution in [1.29, 1.82) is 5.26 Å².